The monoisotopic (exact) mass is 421 g/mol. The summed E-state index contributed by atoms with van der Waals surface area (Å²) in [4.78, 5) is 0. The molecule has 0 atom stereocenters. The largest absolute Gasteiger partial charge is 0.493 e. The van der Waals surface area contributed by atoms with Crippen LogP contribution in [0.25, 0.3) is 0 Å². The van der Waals surface area contributed by atoms with Crippen molar-refractivity contribution < 1.29 is 9.47 Å². The van der Waals surface area contributed by atoms with Crippen molar-refractivity contribution in [1.82, 2.24) is 20.2 Å². The van der Waals surface area contributed by atoms with Crippen LogP contribution in [0.2, 0.25) is 10.0 Å². The van der Waals surface area contributed by atoms with Gasteiger partial charge in [-0.3, -0.25) is 0 Å². The molecule has 0 aliphatic heterocycles. The molecule has 9 heteroatoms. The number of nitrogens with one attached hydrogen (secondary N) is 1. The number of halogens is 2. The van der Waals surface area contributed by atoms with E-state index in [0.717, 1.165) is 24.1 Å². The summed E-state index contributed by atoms with van der Waals surface area (Å²) in [6.07, 6.45) is 0.941. The molecule has 0 unspecified atom stereocenters. The number of aromatic nitrogens is 4. The summed E-state index contributed by atoms with van der Waals surface area (Å²) in [6.45, 7) is 3.59. The Kier molecular flexibility index (Phi) is 6.95. The molecule has 1 heterocycles. The average Bonchev–Trinajstić information content (AvgIpc) is 3.13. The molecule has 0 bridgehead atoms. The normalized spacial score (nSPS) is 10.7. The quantitative estimate of drug-likeness (QED) is 0.544. The van der Waals surface area contributed by atoms with Crippen molar-refractivity contribution >= 4 is 29.2 Å². The Balaban J connectivity index is 1.72. The highest BCUT2D eigenvalue weighted by Crippen LogP contribution is 2.37. The van der Waals surface area contributed by atoms with Gasteiger partial charge in [0, 0.05) is 23.7 Å². The Morgan fingerprint density at radius 2 is 1.96 bits per heavy atom. The fourth-order valence-corrected chi connectivity index (χ4v) is 3.13. The number of aryl methyl sites for hydroxylation is 1. The maximum absolute atomic E-state index is 6.45. The molecule has 0 aliphatic carbocycles. The summed E-state index contributed by atoms with van der Waals surface area (Å²) >= 11 is 12.6. The van der Waals surface area contributed by atoms with Crippen molar-refractivity contribution in [2.24, 2.45) is 0 Å². The second-order valence-corrected chi connectivity index (χ2v) is 6.88. The lowest BCUT2D eigenvalue weighted by atomic mass is 10.2. The second-order valence-electron chi connectivity index (χ2n) is 6.07. The first-order valence-corrected chi connectivity index (χ1v) is 9.60. The zero-order valence-corrected chi connectivity index (χ0v) is 17.2. The molecule has 0 amide bonds. The van der Waals surface area contributed by atoms with E-state index in [-0.39, 0.29) is 0 Å². The zero-order chi connectivity index (χ0) is 19.9. The molecular weight excluding hydrogens is 401 g/mol. The van der Waals surface area contributed by atoms with Crippen LogP contribution in [0, 0.1) is 0 Å². The highest BCUT2D eigenvalue weighted by Gasteiger charge is 2.14. The molecular formula is C19H21Cl2N5O2. The van der Waals surface area contributed by atoms with Crippen molar-refractivity contribution in [1.29, 1.82) is 0 Å². The first-order valence-electron chi connectivity index (χ1n) is 8.85. The van der Waals surface area contributed by atoms with E-state index < -0.39 is 0 Å². The lowest BCUT2D eigenvalue weighted by Crippen LogP contribution is -2.09. The molecule has 3 rings (SSSR count). The molecule has 1 N–H and O–H groups in total. The predicted molar refractivity (Wildman–Crippen MR) is 109 cm³/mol. The van der Waals surface area contributed by atoms with Gasteiger partial charge in [-0.1, -0.05) is 53.4 Å². The minimum Gasteiger partial charge on any atom is -0.493 e. The predicted octanol–water partition coefficient (Wildman–Crippen LogP) is 4.59. The number of rotatable bonds is 9. The van der Waals surface area contributed by atoms with E-state index in [2.05, 4.69) is 27.8 Å². The van der Waals surface area contributed by atoms with Crippen molar-refractivity contribution in [3.63, 3.8) is 0 Å². The number of nitrogens with zero attached hydrogens (tertiary/aromatic N) is 4. The number of tetrazole rings is 1. The molecule has 0 spiro atoms. The third kappa shape index (κ3) is 4.85. The Hall–Kier alpha value is -2.51. The summed E-state index contributed by atoms with van der Waals surface area (Å²) < 4.78 is 13.1. The van der Waals surface area contributed by atoms with Gasteiger partial charge >= 0.3 is 0 Å². The van der Waals surface area contributed by atoms with Crippen LogP contribution in [0.1, 0.15) is 24.5 Å². The van der Waals surface area contributed by atoms with Crippen LogP contribution in [0.5, 0.6) is 11.5 Å². The lowest BCUT2D eigenvalue weighted by Gasteiger charge is -2.15. The highest BCUT2D eigenvalue weighted by atomic mass is 35.5. The highest BCUT2D eigenvalue weighted by molar-refractivity contribution is 6.32. The standard InChI is InChI=1S/C19H21Cl2N5O2/c1-3-8-26-19(23-24-25-26)22-11-13-9-16(21)18(17(10-13)27-2)28-12-14-6-4-5-7-15(14)20/h4-7,9-10H,3,8,11-12H2,1-2H3,(H,22,23,25). The molecule has 0 radical (unpaired) electrons. The molecule has 0 saturated heterocycles. The van der Waals surface area contributed by atoms with Crippen LogP contribution in [0.4, 0.5) is 5.95 Å². The van der Waals surface area contributed by atoms with E-state index in [1.165, 1.54) is 0 Å². The molecule has 148 valence electrons. The van der Waals surface area contributed by atoms with Crippen molar-refractivity contribution in [3.05, 3.63) is 57.6 Å². The van der Waals surface area contributed by atoms with Gasteiger partial charge in [-0.05, 0) is 40.6 Å². The minimum atomic E-state index is 0.291. The number of benzene rings is 2. The Morgan fingerprint density at radius 3 is 2.71 bits per heavy atom. The van der Waals surface area contributed by atoms with Gasteiger partial charge in [-0.15, -0.1) is 0 Å². The maximum Gasteiger partial charge on any atom is 0.243 e. The smallest absolute Gasteiger partial charge is 0.243 e. The van der Waals surface area contributed by atoms with Crippen LogP contribution < -0.4 is 14.8 Å². The maximum atomic E-state index is 6.45. The first-order chi connectivity index (χ1) is 13.6. The van der Waals surface area contributed by atoms with Gasteiger partial charge in [0.1, 0.15) is 6.61 Å². The molecule has 28 heavy (non-hydrogen) atoms. The first kappa shape index (κ1) is 20.2. The van der Waals surface area contributed by atoms with E-state index in [1.807, 2.05) is 36.4 Å². The minimum absolute atomic E-state index is 0.291. The Morgan fingerprint density at radius 1 is 1.14 bits per heavy atom. The molecule has 3 aromatic rings. The van der Waals surface area contributed by atoms with E-state index in [9.17, 15) is 0 Å². The lowest BCUT2D eigenvalue weighted by molar-refractivity contribution is 0.284. The van der Waals surface area contributed by atoms with Gasteiger partial charge < -0.3 is 14.8 Å². The van der Waals surface area contributed by atoms with E-state index in [4.69, 9.17) is 32.7 Å². The third-order valence-corrected chi connectivity index (χ3v) is 4.69. The SMILES string of the molecule is CCCn1nnnc1NCc1cc(Cl)c(OCc2ccccc2Cl)c(OC)c1. The molecule has 0 aliphatic rings. The van der Waals surface area contributed by atoms with Gasteiger partial charge in [0.25, 0.3) is 0 Å². The summed E-state index contributed by atoms with van der Waals surface area (Å²) in [7, 11) is 1.58. The number of hydrogen-bond donors (Lipinski definition) is 1. The fraction of sp³-hybridized carbons (Fsp3) is 0.316. The molecule has 1 aromatic heterocycles. The van der Waals surface area contributed by atoms with Crippen LogP contribution >= 0.6 is 23.2 Å². The van der Waals surface area contributed by atoms with Crippen LogP contribution in [0.15, 0.2) is 36.4 Å². The summed E-state index contributed by atoms with van der Waals surface area (Å²) in [5.74, 6) is 1.63. The topological polar surface area (TPSA) is 74.1 Å². The molecule has 2 aromatic carbocycles. The fourth-order valence-electron chi connectivity index (χ4n) is 2.66. The van der Waals surface area contributed by atoms with Gasteiger partial charge in [-0.25, -0.2) is 4.68 Å². The van der Waals surface area contributed by atoms with E-state index >= 15 is 0 Å². The Labute approximate surface area is 173 Å². The molecule has 7 nitrogen and oxygen atoms in total. The van der Waals surface area contributed by atoms with Crippen LogP contribution in [-0.4, -0.2) is 27.3 Å². The van der Waals surface area contributed by atoms with E-state index in [0.29, 0.717) is 40.6 Å². The van der Waals surface area contributed by atoms with Crippen molar-refractivity contribution in [2.75, 3.05) is 12.4 Å². The number of anilines is 1. The van der Waals surface area contributed by atoms with Gasteiger partial charge in [-0.2, -0.15) is 0 Å². The summed E-state index contributed by atoms with van der Waals surface area (Å²) in [5.41, 5.74) is 1.79. The van der Waals surface area contributed by atoms with Crippen LogP contribution in [0.3, 0.4) is 0 Å². The molecule has 0 fully saturated rings. The van der Waals surface area contributed by atoms with Gasteiger partial charge in [0.05, 0.1) is 12.1 Å². The summed E-state index contributed by atoms with van der Waals surface area (Å²) in [5, 5.41) is 16.0. The van der Waals surface area contributed by atoms with E-state index in [1.54, 1.807) is 11.8 Å². The number of methoxy groups -OCH3 is 1. The van der Waals surface area contributed by atoms with Crippen molar-refractivity contribution in [3.8, 4) is 11.5 Å². The number of hydrogen-bond acceptors (Lipinski definition) is 6. The number of ether oxygens (including phenoxy) is 2. The third-order valence-electron chi connectivity index (χ3n) is 4.04. The zero-order valence-electron chi connectivity index (χ0n) is 15.7. The average molecular weight is 422 g/mol. The van der Waals surface area contributed by atoms with Crippen LogP contribution in [-0.2, 0) is 19.7 Å². The van der Waals surface area contributed by atoms with Gasteiger partial charge in [0.2, 0.25) is 5.95 Å². The molecule has 0 saturated carbocycles. The van der Waals surface area contributed by atoms with Gasteiger partial charge in [0.15, 0.2) is 11.5 Å². The second kappa shape index (κ2) is 9.61. The van der Waals surface area contributed by atoms with Crippen molar-refractivity contribution in [2.45, 2.75) is 33.0 Å². The summed E-state index contributed by atoms with van der Waals surface area (Å²) in [6, 6.07) is 11.2. The Bertz CT molecular complexity index is 932.